The molecule has 0 aliphatic carbocycles. The summed E-state index contributed by atoms with van der Waals surface area (Å²) in [5.41, 5.74) is 6.49. The SMILES string of the molecule is CN1C2CN(c3ccc(N4C[C@H](CN)OC4=O)cc3F)CCS21O. The van der Waals surface area contributed by atoms with Gasteiger partial charge in [-0.05, 0) is 25.2 Å². The number of carbonyl (C=O) groups excluding carboxylic acids is 1. The van der Waals surface area contributed by atoms with Gasteiger partial charge in [-0.25, -0.2) is 13.5 Å². The highest BCUT2D eigenvalue weighted by Gasteiger charge is 2.57. The molecule has 3 N–H and O–H groups in total. The van der Waals surface area contributed by atoms with Crippen LogP contribution in [0.5, 0.6) is 0 Å². The second kappa shape index (κ2) is 5.48. The zero-order valence-corrected chi connectivity index (χ0v) is 14.2. The highest BCUT2D eigenvalue weighted by atomic mass is 32.3. The molecule has 7 nitrogen and oxygen atoms in total. The standard InChI is InChI=1S/C15H21FN4O3S/c1-18-14-9-19(4-5-24(14,18)22)13-3-2-10(6-12(13)16)20-8-11(7-17)23-15(20)21/h2-3,6,11,14,22H,4-5,7-9,17H2,1H3/t11-,14?,18?/m0/s1. The number of nitrogens with two attached hydrogens (primary N) is 1. The molecule has 3 fully saturated rings. The molecule has 1 aromatic carbocycles. The van der Waals surface area contributed by atoms with E-state index in [-0.39, 0.29) is 23.8 Å². The molecule has 132 valence electrons. The number of amides is 1. The van der Waals surface area contributed by atoms with E-state index in [1.54, 1.807) is 12.1 Å². The minimum atomic E-state index is -1.60. The van der Waals surface area contributed by atoms with Gasteiger partial charge in [-0.2, -0.15) is 0 Å². The van der Waals surface area contributed by atoms with Gasteiger partial charge >= 0.3 is 6.09 Å². The Balaban J connectivity index is 1.52. The molecule has 3 heterocycles. The van der Waals surface area contributed by atoms with Crippen LogP contribution >= 0.6 is 10.5 Å². The molecule has 0 spiro atoms. The number of fused-ring (bicyclic) bond motifs is 1. The van der Waals surface area contributed by atoms with Crippen molar-refractivity contribution in [3.8, 4) is 0 Å². The average Bonchev–Trinajstić information content (AvgIpc) is 2.91. The molecule has 0 radical (unpaired) electrons. The number of ether oxygens (including phenoxy) is 1. The van der Waals surface area contributed by atoms with E-state index in [0.717, 1.165) is 0 Å². The Hall–Kier alpha value is -1.55. The fraction of sp³-hybridized carbons (Fsp3) is 0.533. The Labute approximate surface area is 141 Å². The van der Waals surface area contributed by atoms with Crippen molar-refractivity contribution in [2.24, 2.45) is 5.73 Å². The normalized spacial score (nSPS) is 37.7. The average molecular weight is 356 g/mol. The van der Waals surface area contributed by atoms with E-state index < -0.39 is 16.6 Å². The summed E-state index contributed by atoms with van der Waals surface area (Å²) in [4.78, 5) is 15.2. The van der Waals surface area contributed by atoms with Crippen molar-refractivity contribution in [3.05, 3.63) is 24.0 Å². The minimum Gasteiger partial charge on any atom is -0.443 e. The Morgan fingerprint density at radius 1 is 1.46 bits per heavy atom. The summed E-state index contributed by atoms with van der Waals surface area (Å²) in [7, 11) is 0.314. The van der Waals surface area contributed by atoms with Crippen LogP contribution in [0.4, 0.5) is 20.6 Å². The van der Waals surface area contributed by atoms with Crippen molar-refractivity contribution in [3.63, 3.8) is 0 Å². The van der Waals surface area contributed by atoms with Crippen LogP contribution < -0.4 is 15.5 Å². The number of cyclic esters (lactones) is 1. The highest BCUT2D eigenvalue weighted by Crippen LogP contribution is 2.70. The lowest BCUT2D eigenvalue weighted by Gasteiger charge is -2.31. The Bertz CT molecular complexity index is 693. The van der Waals surface area contributed by atoms with Gasteiger partial charge < -0.3 is 19.9 Å². The third-order valence-electron chi connectivity index (χ3n) is 5.05. The summed E-state index contributed by atoms with van der Waals surface area (Å²) in [5, 5.41) is 0.129. The lowest BCUT2D eigenvalue weighted by Crippen LogP contribution is -2.35. The van der Waals surface area contributed by atoms with Crippen molar-refractivity contribution in [1.29, 1.82) is 0 Å². The third kappa shape index (κ3) is 2.34. The zero-order chi connectivity index (χ0) is 17.1. The predicted molar refractivity (Wildman–Crippen MR) is 91.9 cm³/mol. The molecule has 24 heavy (non-hydrogen) atoms. The zero-order valence-electron chi connectivity index (χ0n) is 13.4. The summed E-state index contributed by atoms with van der Waals surface area (Å²) >= 11 is 0. The van der Waals surface area contributed by atoms with Crippen LogP contribution in [0.15, 0.2) is 18.2 Å². The molecule has 3 unspecified atom stereocenters. The molecule has 3 aliphatic rings. The Kier molecular flexibility index (Phi) is 3.64. The summed E-state index contributed by atoms with van der Waals surface area (Å²) in [5.74, 6) is 0.298. The van der Waals surface area contributed by atoms with Crippen LogP contribution in [0.3, 0.4) is 0 Å². The van der Waals surface area contributed by atoms with Crippen LogP contribution in [-0.4, -0.2) is 65.4 Å². The summed E-state index contributed by atoms with van der Waals surface area (Å²) in [6, 6.07) is 4.78. The summed E-state index contributed by atoms with van der Waals surface area (Å²) < 4.78 is 32.0. The number of rotatable bonds is 3. The van der Waals surface area contributed by atoms with Crippen molar-refractivity contribution in [2.45, 2.75) is 11.5 Å². The molecule has 0 saturated carbocycles. The largest absolute Gasteiger partial charge is 0.443 e. The molecule has 4 atom stereocenters. The number of benzene rings is 1. The first-order chi connectivity index (χ1) is 11.4. The monoisotopic (exact) mass is 356 g/mol. The topological polar surface area (TPSA) is 82.0 Å². The first-order valence-corrected chi connectivity index (χ1v) is 9.70. The van der Waals surface area contributed by atoms with E-state index in [9.17, 15) is 13.7 Å². The number of anilines is 2. The van der Waals surface area contributed by atoms with Crippen LogP contribution in [0.1, 0.15) is 0 Å². The molecule has 4 rings (SSSR count). The van der Waals surface area contributed by atoms with Gasteiger partial charge in [-0.3, -0.25) is 4.90 Å². The van der Waals surface area contributed by atoms with Gasteiger partial charge in [0.05, 0.1) is 17.9 Å². The van der Waals surface area contributed by atoms with E-state index in [2.05, 4.69) is 0 Å². The van der Waals surface area contributed by atoms with Crippen molar-refractivity contribution >= 4 is 28.0 Å². The van der Waals surface area contributed by atoms with Gasteiger partial charge in [0, 0.05) is 25.4 Å². The van der Waals surface area contributed by atoms with Crippen molar-refractivity contribution < 1.29 is 18.5 Å². The van der Waals surface area contributed by atoms with Crippen molar-refractivity contribution in [1.82, 2.24) is 4.31 Å². The van der Waals surface area contributed by atoms with E-state index >= 15 is 0 Å². The van der Waals surface area contributed by atoms with E-state index in [0.29, 0.717) is 36.8 Å². The second-order valence-electron chi connectivity index (χ2n) is 6.36. The quantitative estimate of drug-likeness (QED) is 0.797. The molecule has 3 saturated heterocycles. The van der Waals surface area contributed by atoms with Crippen LogP contribution in [0.25, 0.3) is 0 Å². The van der Waals surface area contributed by atoms with Crippen LogP contribution in [0.2, 0.25) is 0 Å². The van der Waals surface area contributed by atoms with Gasteiger partial charge in [-0.1, -0.05) is 10.5 Å². The lowest BCUT2D eigenvalue weighted by atomic mass is 10.2. The van der Waals surface area contributed by atoms with Gasteiger partial charge in [0.25, 0.3) is 0 Å². The van der Waals surface area contributed by atoms with Crippen LogP contribution in [-0.2, 0) is 4.74 Å². The number of likely N-dealkylation sites (N-methyl/N-ethyl adjacent to an activating group) is 1. The number of nitrogens with zero attached hydrogens (tertiary/aromatic N) is 3. The van der Waals surface area contributed by atoms with Gasteiger partial charge in [0.15, 0.2) is 0 Å². The first-order valence-electron chi connectivity index (χ1n) is 7.92. The van der Waals surface area contributed by atoms with Gasteiger partial charge in [0.1, 0.15) is 17.3 Å². The molecule has 9 heteroatoms. The number of halogens is 1. The molecule has 0 aromatic heterocycles. The molecule has 1 aromatic rings. The molecular formula is C15H21FN4O3S. The van der Waals surface area contributed by atoms with Crippen molar-refractivity contribution in [2.75, 3.05) is 48.8 Å². The number of hydrogen-bond acceptors (Lipinski definition) is 6. The van der Waals surface area contributed by atoms with E-state index in [1.807, 2.05) is 16.3 Å². The maximum atomic E-state index is 14.6. The molecule has 3 aliphatic heterocycles. The smallest absolute Gasteiger partial charge is 0.414 e. The maximum Gasteiger partial charge on any atom is 0.414 e. The second-order valence-corrected chi connectivity index (χ2v) is 9.32. The van der Waals surface area contributed by atoms with E-state index in [1.165, 1.54) is 11.0 Å². The molecular weight excluding hydrogens is 335 g/mol. The first kappa shape index (κ1) is 15.9. The minimum absolute atomic E-state index is 0.129. The van der Waals surface area contributed by atoms with Crippen LogP contribution in [0, 0.1) is 5.82 Å². The molecule has 0 bridgehead atoms. The fourth-order valence-corrected chi connectivity index (χ4v) is 6.13. The highest BCUT2D eigenvalue weighted by molar-refractivity contribution is 8.33. The van der Waals surface area contributed by atoms with Gasteiger partial charge in [-0.15, -0.1) is 0 Å². The predicted octanol–water partition coefficient (Wildman–Crippen LogP) is 1.39. The Morgan fingerprint density at radius 3 is 2.88 bits per heavy atom. The van der Waals surface area contributed by atoms with Gasteiger partial charge in [0.2, 0.25) is 0 Å². The molecule has 1 amide bonds. The summed E-state index contributed by atoms with van der Waals surface area (Å²) in [6.45, 7) is 1.83. The Morgan fingerprint density at radius 2 is 2.25 bits per heavy atom. The number of hydrogen-bond donors (Lipinski definition) is 2. The number of carbonyl (C=O) groups is 1. The summed E-state index contributed by atoms with van der Waals surface area (Å²) in [6.07, 6.45) is -0.850. The third-order valence-corrected chi connectivity index (χ3v) is 8.21. The van der Waals surface area contributed by atoms with E-state index in [4.69, 9.17) is 10.5 Å². The lowest BCUT2D eigenvalue weighted by molar-refractivity contribution is 0.145. The maximum absolute atomic E-state index is 14.6. The fourth-order valence-electron chi connectivity index (χ4n) is 3.45.